The van der Waals surface area contributed by atoms with Crippen molar-refractivity contribution in [2.45, 2.75) is 18.9 Å². The zero-order chi connectivity index (χ0) is 11.3. The molecular weight excluding hydrogens is 198 g/mol. The first-order valence-corrected chi connectivity index (χ1v) is 4.54. The van der Waals surface area contributed by atoms with Crippen LogP contribution < -0.4 is 0 Å². The Morgan fingerprint density at radius 2 is 1.93 bits per heavy atom. The van der Waals surface area contributed by atoms with Gasteiger partial charge >= 0.3 is 11.9 Å². The van der Waals surface area contributed by atoms with E-state index in [2.05, 4.69) is 4.74 Å². The van der Waals surface area contributed by atoms with Gasteiger partial charge in [-0.1, -0.05) is 0 Å². The van der Waals surface area contributed by atoms with Gasteiger partial charge in [0, 0.05) is 12.4 Å². The Morgan fingerprint density at radius 3 is 2.40 bits per heavy atom. The van der Waals surface area contributed by atoms with Crippen molar-refractivity contribution < 1.29 is 19.4 Å². The van der Waals surface area contributed by atoms with Crippen molar-refractivity contribution in [3.05, 3.63) is 24.5 Å². The maximum Gasteiger partial charge on any atom is 0.307 e. The lowest BCUT2D eigenvalue weighted by Gasteiger charge is -2.15. The molecule has 82 valence electrons. The molecule has 0 aliphatic heterocycles. The number of ether oxygens (including phenoxy) is 1. The van der Waals surface area contributed by atoms with Crippen molar-refractivity contribution in [1.29, 1.82) is 0 Å². The predicted octanol–water partition coefficient (Wildman–Crippen LogP) is 1.07. The molecule has 5 nitrogen and oxygen atoms in total. The molecule has 0 bridgehead atoms. The first-order chi connectivity index (χ1) is 7.13. The molecular formula is C10H13NO4. The fraction of sp³-hybridized carbons (Fsp3) is 0.400. The van der Waals surface area contributed by atoms with Crippen LogP contribution in [0.5, 0.6) is 0 Å². The highest BCUT2D eigenvalue weighted by Crippen LogP contribution is 2.16. The van der Waals surface area contributed by atoms with Crippen LogP contribution in [0.3, 0.4) is 0 Å². The first kappa shape index (κ1) is 11.3. The van der Waals surface area contributed by atoms with Gasteiger partial charge in [0.05, 0.1) is 26.0 Å². The van der Waals surface area contributed by atoms with Crippen LogP contribution in [0.2, 0.25) is 0 Å². The second-order valence-electron chi connectivity index (χ2n) is 3.16. The Bertz CT molecular complexity index is 331. The van der Waals surface area contributed by atoms with Gasteiger partial charge in [-0.15, -0.1) is 0 Å². The lowest BCUT2D eigenvalue weighted by molar-refractivity contribution is -0.142. The fourth-order valence-corrected chi connectivity index (χ4v) is 1.35. The predicted molar refractivity (Wildman–Crippen MR) is 52.4 cm³/mol. The zero-order valence-corrected chi connectivity index (χ0v) is 8.42. The summed E-state index contributed by atoms with van der Waals surface area (Å²) < 4.78 is 6.21. The average molecular weight is 211 g/mol. The van der Waals surface area contributed by atoms with E-state index in [1.54, 1.807) is 29.1 Å². The highest BCUT2D eigenvalue weighted by Gasteiger charge is 2.18. The Labute approximate surface area is 87.3 Å². The number of carbonyl (C=O) groups is 2. The number of aliphatic carboxylic acids is 1. The second-order valence-corrected chi connectivity index (χ2v) is 3.16. The van der Waals surface area contributed by atoms with E-state index < -0.39 is 11.9 Å². The SMILES string of the molecule is COC(=O)C[C@@H](CC(=O)O)n1cccc1. The molecule has 0 aliphatic rings. The molecule has 0 fully saturated rings. The number of methoxy groups -OCH3 is 1. The summed E-state index contributed by atoms with van der Waals surface area (Å²) in [4.78, 5) is 21.7. The fourth-order valence-electron chi connectivity index (χ4n) is 1.35. The molecule has 1 rings (SSSR count). The van der Waals surface area contributed by atoms with Gasteiger partial charge in [-0.05, 0) is 12.1 Å². The van der Waals surface area contributed by atoms with Gasteiger partial charge in [-0.2, -0.15) is 0 Å². The maximum absolute atomic E-state index is 11.1. The number of nitrogens with zero attached hydrogens (tertiary/aromatic N) is 1. The standard InChI is InChI=1S/C10H13NO4/c1-15-10(14)7-8(6-9(12)13)11-4-2-3-5-11/h2-5,8H,6-7H2,1H3,(H,12,13)/t8-/m1/s1. The third kappa shape index (κ3) is 3.46. The van der Waals surface area contributed by atoms with Crippen LogP contribution in [0.1, 0.15) is 18.9 Å². The third-order valence-electron chi connectivity index (χ3n) is 2.09. The van der Waals surface area contributed by atoms with Crippen molar-refractivity contribution in [1.82, 2.24) is 4.57 Å². The van der Waals surface area contributed by atoms with E-state index in [1.807, 2.05) is 0 Å². The molecule has 0 aromatic carbocycles. The average Bonchev–Trinajstić information content (AvgIpc) is 2.68. The largest absolute Gasteiger partial charge is 0.481 e. The van der Waals surface area contributed by atoms with E-state index in [0.717, 1.165) is 0 Å². The Balaban J connectivity index is 2.70. The van der Waals surface area contributed by atoms with Gasteiger partial charge in [0.2, 0.25) is 0 Å². The summed E-state index contributed by atoms with van der Waals surface area (Å²) in [6, 6.07) is 3.18. The van der Waals surface area contributed by atoms with Crippen LogP contribution in [0.25, 0.3) is 0 Å². The minimum absolute atomic E-state index is 0.0669. The molecule has 0 saturated heterocycles. The van der Waals surface area contributed by atoms with E-state index >= 15 is 0 Å². The van der Waals surface area contributed by atoms with Crippen LogP contribution in [0.15, 0.2) is 24.5 Å². The van der Waals surface area contributed by atoms with Gasteiger partial charge < -0.3 is 14.4 Å². The molecule has 0 saturated carbocycles. The van der Waals surface area contributed by atoms with E-state index in [0.29, 0.717) is 0 Å². The van der Waals surface area contributed by atoms with E-state index in [1.165, 1.54) is 7.11 Å². The molecule has 0 aliphatic carbocycles. The molecule has 15 heavy (non-hydrogen) atoms. The van der Waals surface area contributed by atoms with Crippen molar-refractivity contribution >= 4 is 11.9 Å². The third-order valence-corrected chi connectivity index (χ3v) is 2.09. The van der Waals surface area contributed by atoms with Crippen LogP contribution >= 0.6 is 0 Å². The molecule has 1 atom stereocenters. The summed E-state index contributed by atoms with van der Waals surface area (Å²) in [7, 11) is 1.29. The molecule has 1 N–H and O–H groups in total. The van der Waals surface area contributed by atoms with E-state index in [-0.39, 0.29) is 18.9 Å². The molecule has 0 unspecified atom stereocenters. The summed E-state index contributed by atoms with van der Waals surface area (Å²) in [6.45, 7) is 0. The summed E-state index contributed by atoms with van der Waals surface area (Å²) >= 11 is 0. The Hall–Kier alpha value is -1.78. The van der Waals surface area contributed by atoms with E-state index in [4.69, 9.17) is 5.11 Å². The Kier molecular flexibility index (Phi) is 3.91. The smallest absolute Gasteiger partial charge is 0.307 e. The lowest BCUT2D eigenvalue weighted by atomic mass is 10.1. The molecule has 0 spiro atoms. The highest BCUT2D eigenvalue weighted by molar-refractivity contribution is 5.72. The molecule has 5 heteroatoms. The van der Waals surface area contributed by atoms with Crippen LogP contribution in [0, 0.1) is 0 Å². The Morgan fingerprint density at radius 1 is 1.33 bits per heavy atom. The summed E-state index contributed by atoms with van der Waals surface area (Å²) in [5.41, 5.74) is 0. The zero-order valence-electron chi connectivity index (χ0n) is 8.42. The molecule has 1 aromatic heterocycles. The number of aromatic nitrogens is 1. The van der Waals surface area contributed by atoms with Crippen LogP contribution in [-0.4, -0.2) is 28.7 Å². The maximum atomic E-state index is 11.1. The van der Waals surface area contributed by atoms with Gasteiger partial charge in [0.15, 0.2) is 0 Å². The van der Waals surface area contributed by atoms with Crippen LogP contribution in [0.4, 0.5) is 0 Å². The highest BCUT2D eigenvalue weighted by atomic mass is 16.5. The van der Waals surface area contributed by atoms with Gasteiger partial charge in [-0.3, -0.25) is 9.59 Å². The number of hydrogen-bond acceptors (Lipinski definition) is 3. The lowest BCUT2D eigenvalue weighted by Crippen LogP contribution is -2.17. The number of hydrogen-bond donors (Lipinski definition) is 1. The number of carboxylic acid groups (broad SMARTS) is 1. The molecule has 0 radical (unpaired) electrons. The van der Waals surface area contributed by atoms with Gasteiger partial charge in [-0.25, -0.2) is 0 Å². The topological polar surface area (TPSA) is 68.5 Å². The van der Waals surface area contributed by atoms with Crippen molar-refractivity contribution in [3.8, 4) is 0 Å². The quantitative estimate of drug-likeness (QED) is 0.739. The number of rotatable bonds is 5. The first-order valence-electron chi connectivity index (χ1n) is 4.54. The van der Waals surface area contributed by atoms with Crippen molar-refractivity contribution in [2.24, 2.45) is 0 Å². The van der Waals surface area contributed by atoms with Gasteiger partial charge in [0.25, 0.3) is 0 Å². The van der Waals surface area contributed by atoms with E-state index in [9.17, 15) is 9.59 Å². The van der Waals surface area contributed by atoms with Crippen molar-refractivity contribution in [3.63, 3.8) is 0 Å². The van der Waals surface area contributed by atoms with Crippen molar-refractivity contribution in [2.75, 3.05) is 7.11 Å². The molecule has 1 heterocycles. The number of esters is 1. The minimum atomic E-state index is -0.933. The number of carboxylic acids is 1. The monoisotopic (exact) mass is 211 g/mol. The van der Waals surface area contributed by atoms with Gasteiger partial charge in [0.1, 0.15) is 0 Å². The summed E-state index contributed by atoms with van der Waals surface area (Å²) in [5, 5.41) is 8.70. The number of carbonyl (C=O) groups excluding carboxylic acids is 1. The summed E-state index contributed by atoms with van der Waals surface area (Å²) in [5.74, 6) is -1.34. The van der Waals surface area contributed by atoms with Crippen LogP contribution in [-0.2, 0) is 14.3 Å². The minimum Gasteiger partial charge on any atom is -0.481 e. The second kappa shape index (κ2) is 5.19. The summed E-state index contributed by atoms with van der Waals surface area (Å²) in [6.07, 6.45) is 3.44. The molecule has 0 amide bonds. The normalized spacial score (nSPS) is 12.1. The molecule has 1 aromatic rings.